The number of carbonyl (C=O) groups is 1. The normalized spacial score (nSPS) is 27.2. The minimum atomic E-state index is -3.56. The largest absolute Gasteiger partial charge is 0.299 e. The van der Waals surface area contributed by atoms with Crippen molar-refractivity contribution in [3.05, 3.63) is 48.6 Å². The molecule has 2 bridgehead atoms. The van der Waals surface area contributed by atoms with Gasteiger partial charge in [0, 0.05) is 24.9 Å². The highest BCUT2D eigenvalue weighted by atomic mass is 32.2. The first-order valence-electron chi connectivity index (χ1n) is 9.39. The van der Waals surface area contributed by atoms with Crippen LogP contribution in [0.15, 0.2) is 43.0 Å². The highest BCUT2D eigenvalue weighted by Crippen LogP contribution is 2.64. The molecule has 0 amide bonds. The van der Waals surface area contributed by atoms with Gasteiger partial charge in [-0.25, -0.2) is 8.42 Å². The Kier molecular flexibility index (Phi) is 5.15. The lowest BCUT2D eigenvalue weighted by Gasteiger charge is -2.37. The first-order valence-corrected chi connectivity index (χ1v) is 11.0. The summed E-state index contributed by atoms with van der Waals surface area (Å²) in [4.78, 5) is 12.7. The summed E-state index contributed by atoms with van der Waals surface area (Å²) in [6, 6.07) is 9.62. The minimum absolute atomic E-state index is 0.0632. The zero-order valence-electron chi connectivity index (χ0n) is 15.8. The average Bonchev–Trinajstić information content (AvgIpc) is 2.93. The van der Waals surface area contributed by atoms with E-state index in [1.165, 1.54) is 4.31 Å². The molecule has 0 aliphatic heterocycles. The van der Waals surface area contributed by atoms with Gasteiger partial charge in [-0.15, -0.1) is 6.58 Å². The van der Waals surface area contributed by atoms with E-state index in [-0.39, 0.29) is 17.0 Å². The third-order valence-corrected chi connectivity index (χ3v) is 8.70. The molecule has 0 saturated heterocycles. The van der Waals surface area contributed by atoms with Gasteiger partial charge >= 0.3 is 0 Å². The lowest BCUT2D eigenvalue weighted by Crippen LogP contribution is -2.46. The van der Waals surface area contributed by atoms with E-state index in [0.29, 0.717) is 38.3 Å². The summed E-state index contributed by atoms with van der Waals surface area (Å²) < 4.78 is 28.2. The van der Waals surface area contributed by atoms with Crippen molar-refractivity contribution in [1.29, 1.82) is 0 Å². The fourth-order valence-corrected chi connectivity index (χ4v) is 7.06. The van der Waals surface area contributed by atoms with Crippen molar-refractivity contribution in [3.8, 4) is 0 Å². The van der Waals surface area contributed by atoms with Gasteiger partial charge in [0.2, 0.25) is 10.0 Å². The Morgan fingerprint density at radius 2 is 1.96 bits per heavy atom. The summed E-state index contributed by atoms with van der Waals surface area (Å²) in [6.45, 7) is 8.62. The molecular weight excluding hydrogens is 346 g/mol. The van der Waals surface area contributed by atoms with Gasteiger partial charge in [0.15, 0.2) is 0 Å². The van der Waals surface area contributed by atoms with Crippen LogP contribution in [0, 0.1) is 16.7 Å². The number of sulfonamides is 1. The molecule has 2 unspecified atom stereocenters. The second-order valence-corrected chi connectivity index (χ2v) is 10.3. The number of Topliss-reactive ketones (excluding diaryl/α,β-unsaturated/α-hetero) is 1. The Morgan fingerprint density at radius 3 is 2.50 bits per heavy atom. The molecule has 4 nitrogen and oxygen atoms in total. The third-order valence-electron chi connectivity index (χ3n) is 6.75. The number of rotatable bonds is 8. The third kappa shape index (κ3) is 3.16. The second-order valence-electron chi connectivity index (χ2n) is 8.32. The number of ketones is 1. The monoisotopic (exact) mass is 375 g/mol. The number of hydrogen-bond acceptors (Lipinski definition) is 3. The van der Waals surface area contributed by atoms with Gasteiger partial charge in [-0.2, -0.15) is 4.31 Å². The van der Waals surface area contributed by atoms with E-state index in [1.807, 2.05) is 30.3 Å². The maximum Gasteiger partial charge on any atom is 0.215 e. The molecule has 2 fully saturated rings. The maximum absolute atomic E-state index is 13.4. The van der Waals surface area contributed by atoms with E-state index in [9.17, 15) is 13.2 Å². The zero-order valence-corrected chi connectivity index (χ0v) is 16.6. The van der Waals surface area contributed by atoms with Crippen LogP contribution in [0.25, 0.3) is 0 Å². The lowest BCUT2D eigenvalue weighted by molar-refractivity contribution is -0.128. The molecule has 0 N–H and O–H groups in total. The van der Waals surface area contributed by atoms with E-state index < -0.39 is 15.4 Å². The van der Waals surface area contributed by atoms with Crippen molar-refractivity contribution < 1.29 is 13.2 Å². The molecule has 5 heteroatoms. The Bertz CT molecular complexity index is 785. The second kappa shape index (κ2) is 6.93. The van der Waals surface area contributed by atoms with E-state index in [4.69, 9.17) is 0 Å². The molecular formula is C21H29NO3S. The van der Waals surface area contributed by atoms with Gasteiger partial charge in [-0.1, -0.05) is 50.3 Å². The molecule has 0 spiro atoms. The highest BCUT2D eigenvalue weighted by Gasteiger charge is 2.65. The summed E-state index contributed by atoms with van der Waals surface area (Å²) in [5.74, 6) is 0.401. The lowest BCUT2D eigenvalue weighted by atomic mass is 9.70. The summed E-state index contributed by atoms with van der Waals surface area (Å²) in [7, 11) is -3.56. The summed E-state index contributed by atoms with van der Waals surface area (Å²) in [5, 5.41) is 0. The molecule has 2 aliphatic rings. The van der Waals surface area contributed by atoms with Crippen LogP contribution in [0.5, 0.6) is 0 Å². The first kappa shape index (κ1) is 19.3. The fourth-order valence-electron chi connectivity index (χ4n) is 4.85. The van der Waals surface area contributed by atoms with Gasteiger partial charge in [-0.3, -0.25) is 4.79 Å². The Labute approximate surface area is 157 Å². The summed E-state index contributed by atoms with van der Waals surface area (Å²) >= 11 is 0. The smallest absolute Gasteiger partial charge is 0.215 e. The topological polar surface area (TPSA) is 54.5 Å². The minimum Gasteiger partial charge on any atom is -0.299 e. The van der Waals surface area contributed by atoms with Crippen LogP contribution in [0.3, 0.4) is 0 Å². The first-order chi connectivity index (χ1) is 12.2. The molecule has 26 heavy (non-hydrogen) atoms. The highest BCUT2D eigenvalue weighted by molar-refractivity contribution is 7.89. The van der Waals surface area contributed by atoms with Crippen molar-refractivity contribution in [2.75, 3.05) is 12.3 Å². The molecule has 2 atom stereocenters. The summed E-state index contributed by atoms with van der Waals surface area (Å²) in [6.07, 6.45) is 4.53. The van der Waals surface area contributed by atoms with Crippen molar-refractivity contribution in [3.63, 3.8) is 0 Å². The number of hydrogen-bond donors (Lipinski definition) is 0. The molecule has 0 radical (unpaired) electrons. The summed E-state index contributed by atoms with van der Waals surface area (Å²) in [5.41, 5.74) is -0.00730. The van der Waals surface area contributed by atoms with Crippen LogP contribution < -0.4 is 0 Å². The van der Waals surface area contributed by atoms with Crippen LogP contribution in [0.2, 0.25) is 0 Å². The fraction of sp³-hybridized carbons (Fsp3) is 0.571. The van der Waals surface area contributed by atoms with Crippen molar-refractivity contribution >= 4 is 15.8 Å². The van der Waals surface area contributed by atoms with Crippen molar-refractivity contribution in [1.82, 2.24) is 4.31 Å². The molecule has 3 rings (SSSR count). The molecule has 0 heterocycles. The van der Waals surface area contributed by atoms with Crippen molar-refractivity contribution in [2.45, 2.75) is 46.1 Å². The van der Waals surface area contributed by atoms with Gasteiger partial charge in [0.1, 0.15) is 5.78 Å². The van der Waals surface area contributed by atoms with Gasteiger partial charge in [0.25, 0.3) is 0 Å². The number of carbonyl (C=O) groups excluding carboxylic acids is 1. The van der Waals surface area contributed by atoms with Gasteiger partial charge < -0.3 is 0 Å². The quantitative estimate of drug-likeness (QED) is 0.650. The number of benzene rings is 1. The van der Waals surface area contributed by atoms with E-state index >= 15 is 0 Å². The standard InChI is InChI=1S/C21H29NO3S/c1-4-5-13-22(15-17-9-7-6-8-10-17)26(24,25)16-21-12-11-18(14-19(21)23)20(21,2)3/h4,6-10,18H,1,5,11-16H2,2-3H3. The van der Waals surface area contributed by atoms with E-state index in [2.05, 4.69) is 20.4 Å². The van der Waals surface area contributed by atoms with Crippen LogP contribution in [-0.2, 0) is 21.4 Å². The van der Waals surface area contributed by atoms with Crippen LogP contribution >= 0.6 is 0 Å². The maximum atomic E-state index is 13.4. The predicted molar refractivity (Wildman–Crippen MR) is 104 cm³/mol. The van der Waals surface area contributed by atoms with Gasteiger partial charge in [0.05, 0.1) is 5.75 Å². The van der Waals surface area contributed by atoms with Crippen LogP contribution in [0.1, 0.15) is 45.1 Å². The Balaban J connectivity index is 1.88. The predicted octanol–water partition coefficient (Wildman–Crippen LogP) is 3.79. The van der Waals surface area contributed by atoms with Gasteiger partial charge in [-0.05, 0) is 36.2 Å². The Hall–Kier alpha value is -1.46. The molecule has 142 valence electrons. The molecule has 2 saturated carbocycles. The average molecular weight is 376 g/mol. The molecule has 1 aromatic rings. The molecule has 0 aromatic heterocycles. The zero-order chi connectivity index (χ0) is 19.0. The number of nitrogens with zero attached hydrogens (tertiary/aromatic N) is 1. The Morgan fingerprint density at radius 1 is 1.27 bits per heavy atom. The van der Waals surface area contributed by atoms with Crippen molar-refractivity contribution in [2.24, 2.45) is 16.7 Å². The van der Waals surface area contributed by atoms with Crippen LogP contribution in [0.4, 0.5) is 0 Å². The SMILES string of the molecule is C=CCCN(Cc1ccccc1)S(=O)(=O)CC12CCC(CC1=O)C2(C)C. The molecule has 2 aliphatic carbocycles. The van der Waals surface area contributed by atoms with E-state index in [0.717, 1.165) is 12.0 Å². The molecule has 1 aromatic carbocycles. The van der Waals surface area contributed by atoms with Crippen LogP contribution in [-0.4, -0.2) is 30.8 Å². The van der Waals surface area contributed by atoms with E-state index in [1.54, 1.807) is 6.08 Å². The number of fused-ring (bicyclic) bond motifs is 2.